The molecule has 0 saturated heterocycles. The Balaban J connectivity index is 1.65. The van der Waals surface area contributed by atoms with Gasteiger partial charge in [0.25, 0.3) is 5.91 Å². The summed E-state index contributed by atoms with van der Waals surface area (Å²) in [6.07, 6.45) is 2.65. The van der Waals surface area contributed by atoms with Crippen LogP contribution in [0.25, 0.3) is 0 Å². The number of hydrogen-bond acceptors (Lipinski definition) is 3. The molecule has 0 aliphatic rings. The first-order valence-electron chi connectivity index (χ1n) is 8.03. The Labute approximate surface area is 155 Å². The third-order valence-electron chi connectivity index (χ3n) is 3.77. The van der Waals surface area contributed by atoms with Gasteiger partial charge in [-0.15, -0.1) is 0 Å². The molecule has 0 bridgehead atoms. The number of halogens is 1. The third-order valence-corrected chi connectivity index (χ3v) is 4.47. The summed E-state index contributed by atoms with van der Waals surface area (Å²) in [6, 6.07) is 19.2. The Morgan fingerprint density at radius 3 is 2.36 bits per heavy atom. The lowest BCUT2D eigenvalue weighted by Gasteiger charge is -2.09. The van der Waals surface area contributed by atoms with Crippen LogP contribution in [0.4, 0.5) is 17.2 Å². The van der Waals surface area contributed by atoms with Crippen molar-refractivity contribution in [2.24, 2.45) is 0 Å². The van der Waals surface area contributed by atoms with Crippen LogP contribution in [0.3, 0.4) is 0 Å². The van der Waals surface area contributed by atoms with Crippen molar-refractivity contribution >= 4 is 39.0 Å². The number of nitrogens with zero attached hydrogens (tertiary/aromatic N) is 1. The van der Waals surface area contributed by atoms with Crippen LogP contribution in [0.1, 0.15) is 22.8 Å². The lowest BCUT2D eigenvalue weighted by molar-refractivity contribution is 0.102. The second-order valence-electron chi connectivity index (χ2n) is 5.54. The summed E-state index contributed by atoms with van der Waals surface area (Å²) in [5, 5.41) is 6.09. The van der Waals surface area contributed by atoms with Crippen molar-refractivity contribution in [2.45, 2.75) is 13.3 Å². The molecule has 0 unspecified atom stereocenters. The third kappa shape index (κ3) is 4.45. The molecule has 0 saturated carbocycles. The van der Waals surface area contributed by atoms with E-state index in [4.69, 9.17) is 0 Å². The highest BCUT2D eigenvalue weighted by molar-refractivity contribution is 9.10. The molecule has 5 heteroatoms. The predicted molar refractivity (Wildman–Crippen MR) is 105 cm³/mol. The molecule has 0 radical (unpaired) electrons. The quantitative estimate of drug-likeness (QED) is 0.607. The van der Waals surface area contributed by atoms with Crippen molar-refractivity contribution in [3.63, 3.8) is 0 Å². The lowest BCUT2D eigenvalue weighted by Crippen LogP contribution is -2.12. The molecule has 0 fully saturated rings. The first kappa shape index (κ1) is 17.2. The van der Waals surface area contributed by atoms with Gasteiger partial charge in [-0.25, -0.2) is 4.98 Å². The number of aromatic nitrogens is 1. The Hall–Kier alpha value is -2.66. The van der Waals surface area contributed by atoms with Crippen molar-refractivity contribution in [1.82, 2.24) is 4.98 Å². The van der Waals surface area contributed by atoms with Crippen LogP contribution in [0.15, 0.2) is 71.3 Å². The SMILES string of the molecule is CCc1ccc(Nc2ccc(NC(=O)c3ccccc3Br)cn2)cc1. The number of amides is 1. The van der Waals surface area contributed by atoms with Gasteiger partial charge in [-0.1, -0.05) is 31.2 Å². The molecule has 2 aromatic carbocycles. The Morgan fingerprint density at radius 1 is 1.00 bits per heavy atom. The van der Waals surface area contributed by atoms with Gasteiger partial charge < -0.3 is 10.6 Å². The minimum atomic E-state index is -0.176. The first-order chi connectivity index (χ1) is 12.2. The van der Waals surface area contributed by atoms with Crippen LogP contribution in [0.2, 0.25) is 0 Å². The molecule has 3 aromatic rings. The maximum absolute atomic E-state index is 12.3. The zero-order chi connectivity index (χ0) is 17.6. The van der Waals surface area contributed by atoms with E-state index in [9.17, 15) is 4.79 Å². The summed E-state index contributed by atoms with van der Waals surface area (Å²) in [4.78, 5) is 16.6. The van der Waals surface area contributed by atoms with Gasteiger partial charge in [0.15, 0.2) is 0 Å². The molecule has 1 heterocycles. The summed E-state index contributed by atoms with van der Waals surface area (Å²) >= 11 is 3.38. The number of hydrogen-bond donors (Lipinski definition) is 2. The topological polar surface area (TPSA) is 54.0 Å². The summed E-state index contributed by atoms with van der Waals surface area (Å²) in [5.41, 5.74) is 3.51. The molecular weight excluding hydrogens is 378 g/mol. The maximum Gasteiger partial charge on any atom is 0.256 e. The molecule has 4 nitrogen and oxygen atoms in total. The van der Waals surface area contributed by atoms with Gasteiger partial charge >= 0.3 is 0 Å². The van der Waals surface area contributed by atoms with Gasteiger partial charge in [-0.3, -0.25) is 4.79 Å². The molecule has 3 rings (SSSR count). The van der Waals surface area contributed by atoms with Crippen molar-refractivity contribution in [3.8, 4) is 0 Å². The monoisotopic (exact) mass is 395 g/mol. The van der Waals surface area contributed by atoms with Gasteiger partial charge in [-0.2, -0.15) is 0 Å². The summed E-state index contributed by atoms with van der Waals surface area (Å²) in [7, 11) is 0. The number of anilines is 3. The van der Waals surface area contributed by atoms with Crippen LogP contribution >= 0.6 is 15.9 Å². The van der Waals surface area contributed by atoms with E-state index in [1.165, 1.54) is 5.56 Å². The molecule has 25 heavy (non-hydrogen) atoms. The van der Waals surface area contributed by atoms with E-state index >= 15 is 0 Å². The molecule has 0 atom stereocenters. The second-order valence-corrected chi connectivity index (χ2v) is 6.40. The van der Waals surface area contributed by atoms with Crippen LogP contribution in [0.5, 0.6) is 0 Å². The first-order valence-corrected chi connectivity index (χ1v) is 8.83. The largest absolute Gasteiger partial charge is 0.340 e. The highest BCUT2D eigenvalue weighted by Crippen LogP contribution is 2.19. The number of pyridine rings is 1. The van der Waals surface area contributed by atoms with Gasteiger partial charge in [0.2, 0.25) is 0 Å². The van der Waals surface area contributed by atoms with Crippen molar-refractivity contribution < 1.29 is 4.79 Å². The Morgan fingerprint density at radius 2 is 1.72 bits per heavy atom. The molecule has 0 aliphatic heterocycles. The average Bonchev–Trinajstić information content (AvgIpc) is 2.64. The second kappa shape index (κ2) is 7.94. The highest BCUT2D eigenvalue weighted by Gasteiger charge is 2.09. The van der Waals surface area contributed by atoms with Crippen LogP contribution < -0.4 is 10.6 Å². The fourth-order valence-electron chi connectivity index (χ4n) is 2.36. The minimum absolute atomic E-state index is 0.176. The number of carbonyl (C=O) groups excluding carboxylic acids is 1. The number of carbonyl (C=O) groups is 1. The predicted octanol–water partition coefficient (Wildman–Crippen LogP) is 5.40. The lowest BCUT2D eigenvalue weighted by atomic mass is 10.1. The van der Waals surface area contributed by atoms with Crippen LogP contribution in [-0.2, 0) is 6.42 Å². The fourth-order valence-corrected chi connectivity index (χ4v) is 2.82. The normalized spacial score (nSPS) is 10.3. The van der Waals surface area contributed by atoms with E-state index in [1.807, 2.05) is 42.5 Å². The number of benzene rings is 2. The van der Waals surface area contributed by atoms with Crippen molar-refractivity contribution in [2.75, 3.05) is 10.6 Å². The van der Waals surface area contributed by atoms with Crippen molar-refractivity contribution in [3.05, 3.63) is 82.5 Å². The minimum Gasteiger partial charge on any atom is -0.340 e. The average molecular weight is 396 g/mol. The molecule has 1 amide bonds. The number of nitrogens with one attached hydrogen (secondary N) is 2. The molecule has 0 aliphatic carbocycles. The standard InChI is InChI=1S/C20H18BrN3O/c1-2-14-7-9-15(10-8-14)23-19-12-11-16(13-22-19)24-20(25)17-5-3-4-6-18(17)21/h3-13H,2H2,1H3,(H,22,23)(H,24,25). The molecular formula is C20H18BrN3O. The van der Waals surface area contributed by atoms with E-state index < -0.39 is 0 Å². The molecule has 2 N–H and O–H groups in total. The van der Waals surface area contributed by atoms with E-state index in [1.54, 1.807) is 12.3 Å². The Kier molecular flexibility index (Phi) is 5.46. The smallest absolute Gasteiger partial charge is 0.256 e. The Bertz CT molecular complexity index is 861. The number of rotatable bonds is 5. The van der Waals surface area contributed by atoms with Gasteiger partial charge in [0, 0.05) is 10.2 Å². The van der Waals surface area contributed by atoms with E-state index in [-0.39, 0.29) is 5.91 Å². The van der Waals surface area contributed by atoms with Crippen LogP contribution in [-0.4, -0.2) is 10.9 Å². The van der Waals surface area contributed by atoms with Gasteiger partial charge in [0.05, 0.1) is 17.4 Å². The van der Waals surface area contributed by atoms with E-state index in [2.05, 4.69) is 50.6 Å². The van der Waals surface area contributed by atoms with E-state index in [0.717, 1.165) is 22.4 Å². The molecule has 126 valence electrons. The zero-order valence-electron chi connectivity index (χ0n) is 13.8. The highest BCUT2D eigenvalue weighted by atomic mass is 79.9. The van der Waals surface area contributed by atoms with Gasteiger partial charge in [0.1, 0.15) is 5.82 Å². The summed E-state index contributed by atoms with van der Waals surface area (Å²) in [6.45, 7) is 2.13. The molecule has 0 spiro atoms. The number of aryl methyl sites for hydroxylation is 1. The van der Waals surface area contributed by atoms with Gasteiger partial charge in [-0.05, 0) is 64.3 Å². The maximum atomic E-state index is 12.3. The summed E-state index contributed by atoms with van der Waals surface area (Å²) in [5.74, 6) is 0.549. The fraction of sp³-hybridized carbons (Fsp3) is 0.100. The van der Waals surface area contributed by atoms with Crippen LogP contribution in [0, 0.1) is 0 Å². The summed E-state index contributed by atoms with van der Waals surface area (Å²) < 4.78 is 0.759. The van der Waals surface area contributed by atoms with E-state index in [0.29, 0.717) is 11.3 Å². The molecule has 1 aromatic heterocycles. The van der Waals surface area contributed by atoms with Crippen molar-refractivity contribution in [1.29, 1.82) is 0 Å². The zero-order valence-corrected chi connectivity index (χ0v) is 15.4.